The Morgan fingerprint density at radius 1 is 1.36 bits per heavy atom. The van der Waals surface area contributed by atoms with Crippen molar-refractivity contribution in [1.82, 2.24) is 15.1 Å². The first kappa shape index (κ1) is 14.7. The van der Waals surface area contributed by atoms with Crippen LogP contribution in [-0.4, -0.2) is 27.3 Å². The molecular formula is C16H17N3O2S. The molecule has 1 amide bonds. The number of aryl methyl sites for hydroxylation is 1. The summed E-state index contributed by atoms with van der Waals surface area (Å²) in [5.74, 6) is -0.0874. The number of aromatic nitrogens is 2. The Hall–Kier alpha value is -2.18. The van der Waals surface area contributed by atoms with Crippen molar-refractivity contribution >= 4 is 27.3 Å². The van der Waals surface area contributed by atoms with Gasteiger partial charge < -0.3 is 10.4 Å². The lowest BCUT2D eigenvalue weighted by Crippen LogP contribution is -2.28. The van der Waals surface area contributed by atoms with Gasteiger partial charge in [-0.2, -0.15) is 5.10 Å². The third-order valence-electron chi connectivity index (χ3n) is 3.39. The molecule has 0 aliphatic heterocycles. The lowest BCUT2D eigenvalue weighted by Gasteiger charge is -2.10. The molecule has 2 aromatic heterocycles. The molecule has 0 spiro atoms. The standard InChI is InChI=1S/C16H17N3O2S/c20-13(15-10-12-4-1-2-5-14(12)22-15)11-17-16(21)6-9-19-8-3-7-18-19/h1-5,7-8,10,13,20H,6,9,11H2,(H,17,21)/t13-/m1/s1. The summed E-state index contributed by atoms with van der Waals surface area (Å²) in [5, 5.41) is 18.1. The normalized spacial score (nSPS) is 12.4. The van der Waals surface area contributed by atoms with Gasteiger partial charge in [0.15, 0.2) is 0 Å². The summed E-state index contributed by atoms with van der Waals surface area (Å²) in [6.45, 7) is 0.766. The number of thiophene rings is 1. The smallest absolute Gasteiger partial charge is 0.221 e. The number of nitrogens with zero attached hydrogens (tertiary/aromatic N) is 2. The number of aliphatic hydroxyl groups is 1. The fourth-order valence-corrected chi connectivity index (χ4v) is 3.27. The minimum Gasteiger partial charge on any atom is -0.386 e. The van der Waals surface area contributed by atoms with E-state index in [-0.39, 0.29) is 12.5 Å². The summed E-state index contributed by atoms with van der Waals surface area (Å²) in [6.07, 6.45) is 3.18. The first-order chi connectivity index (χ1) is 10.7. The van der Waals surface area contributed by atoms with Gasteiger partial charge in [0.2, 0.25) is 5.91 Å². The zero-order valence-corrected chi connectivity index (χ0v) is 12.8. The third-order valence-corrected chi connectivity index (χ3v) is 4.61. The summed E-state index contributed by atoms with van der Waals surface area (Å²) < 4.78 is 2.85. The van der Waals surface area contributed by atoms with Crippen molar-refractivity contribution in [2.24, 2.45) is 0 Å². The van der Waals surface area contributed by atoms with E-state index in [1.54, 1.807) is 22.2 Å². The maximum atomic E-state index is 11.8. The van der Waals surface area contributed by atoms with Crippen LogP contribution < -0.4 is 5.32 Å². The average Bonchev–Trinajstić information content (AvgIpc) is 3.19. The highest BCUT2D eigenvalue weighted by atomic mass is 32.1. The van der Waals surface area contributed by atoms with Crippen molar-refractivity contribution in [2.45, 2.75) is 19.1 Å². The minimum absolute atomic E-state index is 0.0874. The van der Waals surface area contributed by atoms with E-state index >= 15 is 0 Å². The fraction of sp³-hybridized carbons (Fsp3) is 0.250. The number of hydrogen-bond donors (Lipinski definition) is 2. The first-order valence-electron chi connectivity index (χ1n) is 7.13. The minimum atomic E-state index is -0.675. The van der Waals surface area contributed by atoms with Crippen LogP contribution in [0.3, 0.4) is 0 Å². The van der Waals surface area contributed by atoms with Crippen molar-refractivity contribution in [3.05, 3.63) is 53.7 Å². The first-order valence-corrected chi connectivity index (χ1v) is 7.95. The van der Waals surface area contributed by atoms with Crippen molar-refractivity contribution in [3.63, 3.8) is 0 Å². The summed E-state index contributed by atoms with van der Waals surface area (Å²) >= 11 is 1.55. The van der Waals surface area contributed by atoms with E-state index in [2.05, 4.69) is 10.4 Å². The number of carbonyl (C=O) groups excluding carboxylic acids is 1. The molecular weight excluding hydrogens is 298 g/mol. The van der Waals surface area contributed by atoms with Crippen LogP contribution in [0.15, 0.2) is 48.8 Å². The Labute approximate surface area is 132 Å². The molecule has 0 saturated carbocycles. The SMILES string of the molecule is O=C(CCn1cccn1)NC[C@@H](O)c1cc2ccccc2s1. The molecule has 1 atom stereocenters. The van der Waals surface area contributed by atoms with Gasteiger partial charge in [0.1, 0.15) is 6.10 Å². The zero-order chi connectivity index (χ0) is 15.4. The molecule has 0 fully saturated rings. The van der Waals surface area contributed by atoms with Crippen molar-refractivity contribution in [2.75, 3.05) is 6.54 Å². The molecule has 0 saturated heterocycles. The second-order valence-electron chi connectivity index (χ2n) is 5.03. The van der Waals surface area contributed by atoms with E-state index in [4.69, 9.17) is 0 Å². The number of hydrogen-bond acceptors (Lipinski definition) is 4. The van der Waals surface area contributed by atoms with E-state index in [0.29, 0.717) is 13.0 Å². The van der Waals surface area contributed by atoms with Gasteiger partial charge in [0.05, 0.1) is 0 Å². The number of nitrogens with one attached hydrogen (secondary N) is 1. The molecule has 0 unspecified atom stereocenters. The van der Waals surface area contributed by atoms with Crippen molar-refractivity contribution < 1.29 is 9.90 Å². The second kappa shape index (κ2) is 6.72. The summed E-state index contributed by atoms with van der Waals surface area (Å²) in [4.78, 5) is 12.7. The maximum Gasteiger partial charge on any atom is 0.221 e. The molecule has 22 heavy (non-hydrogen) atoms. The van der Waals surface area contributed by atoms with Crippen LogP contribution in [0.5, 0.6) is 0 Å². The van der Waals surface area contributed by atoms with Gasteiger partial charge in [-0.15, -0.1) is 11.3 Å². The number of carbonyl (C=O) groups is 1. The van der Waals surface area contributed by atoms with Crippen molar-refractivity contribution in [1.29, 1.82) is 0 Å². The number of amides is 1. The average molecular weight is 315 g/mol. The molecule has 6 heteroatoms. The summed E-state index contributed by atoms with van der Waals surface area (Å²) in [6, 6.07) is 11.8. The number of rotatable bonds is 6. The molecule has 3 rings (SSSR count). The molecule has 5 nitrogen and oxygen atoms in total. The zero-order valence-electron chi connectivity index (χ0n) is 12.0. The quantitative estimate of drug-likeness (QED) is 0.734. The van der Waals surface area contributed by atoms with E-state index in [9.17, 15) is 9.90 Å². The topological polar surface area (TPSA) is 67.2 Å². The highest BCUT2D eigenvalue weighted by molar-refractivity contribution is 7.19. The van der Waals surface area contributed by atoms with Gasteiger partial charge >= 0.3 is 0 Å². The fourth-order valence-electron chi connectivity index (χ4n) is 2.21. The van der Waals surface area contributed by atoms with Crippen LogP contribution in [0.4, 0.5) is 0 Å². The molecule has 1 aromatic carbocycles. The van der Waals surface area contributed by atoms with Crippen LogP contribution in [0.25, 0.3) is 10.1 Å². The van der Waals surface area contributed by atoms with Gasteiger partial charge in [-0.3, -0.25) is 9.48 Å². The Morgan fingerprint density at radius 2 is 2.23 bits per heavy atom. The highest BCUT2D eigenvalue weighted by Crippen LogP contribution is 2.29. The van der Waals surface area contributed by atoms with Gasteiger partial charge in [-0.05, 0) is 23.6 Å². The van der Waals surface area contributed by atoms with Gasteiger partial charge in [-0.1, -0.05) is 18.2 Å². The number of benzene rings is 1. The Bertz CT molecular complexity index is 719. The van der Waals surface area contributed by atoms with Crippen LogP contribution in [0.2, 0.25) is 0 Å². The Balaban J connectivity index is 1.51. The van der Waals surface area contributed by atoms with Crippen LogP contribution in [0, 0.1) is 0 Å². The summed E-state index contributed by atoms with van der Waals surface area (Å²) in [7, 11) is 0. The van der Waals surface area contributed by atoms with E-state index in [1.807, 2.05) is 42.6 Å². The van der Waals surface area contributed by atoms with E-state index in [1.165, 1.54) is 0 Å². The van der Waals surface area contributed by atoms with E-state index in [0.717, 1.165) is 15.0 Å². The molecule has 0 aliphatic rings. The maximum absolute atomic E-state index is 11.8. The predicted molar refractivity (Wildman–Crippen MR) is 86.6 cm³/mol. The highest BCUT2D eigenvalue weighted by Gasteiger charge is 2.12. The number of fused-ring (bicyclic) bond motifs is 1. The number of aliphatic hydroxyl groups excluding tert-OH is 1. The molecule has 0 bridgehead atoms. The molecule has 0 radical (unpaired) electrons. The molecule has 2 heterocycles. The van der Waals surface area contributed by atoms with Crippen LogP contribution in [-0.2, 0) is 11.3 Å². The van der Waals surface area contributed by atoms with Gasteiger partial charge in [0.25, 0.3) is 0 Å². The lowest BCUT2D eigenvalue weighted by molar-refractivity contribution is -0.121. The molecule has 3 aromatic rings. The third kappa shape index (κ3) is 3.52. The monoisotopic (exact) mass is 315 g/mol. The van der Waals surface area contributed by atoms with E-state index < -0.39 is 6.10 Å². The predicted octanol–water partition coefficient (Wildman–Crippen LogP) is 2.34. The van der Waals surface area contributed by atoms with Gasteiger partial charge in [-0.25, -0.2) is 0 Å². The Kier molecular flexibility index (Phi) is 4.50. The van der Waals surface area contributed by atoms with Gasteiger partial charge in [0, 0.05) is 41.5 Å². The lowest BCUT2D eigenvalue weighted by atomic mass is 10.2. The molecule has 114 valence electrons. The van der Waals surface area contributed by atoms with Crippen LogP contribution >= 0.6 is 11.3 Å². The summed E-state index contributed by atoms with van der Waals surface area (Å²) in [5.41, 5.74) is 0. The van der Waals surface area contributed by atoms with Crippen LogP contribution in [0.1, 0.15) is 17.4 Å². The van der Waals surface area contributed by atoms with Crippen molar-refractivity contribution in [3.8, 4) is 0 Å². The molecule has 2 N–H and O–H groups in total. The second-order valence-corrected chi connectivity index (χ2v) is 6.14. The Morgan fingerprint density at radius 3 is 3.00 bits per heavy atom. The largest absolute Gasteiger partial charge is 0.386 e. The molecule has 0 aliphatic carbocycles.